The van der Waals surface area contributed by atoms with Gasteiger partial charge in [-0.1, -0.05) is 6.92 Å². The summed E-state index contributed by atoms with van der Waals surface area (Å²) >= 11 is 1.75. The highest BCUT2D eigenvalue weighted by molar-refractivity contribution is 7.18. The molecule has 5 nitrogen and oxygen atoms in total. The van der Waals surface area contributed by atoms with E-state index in [1.165, 1.54) is 4.88 Å². The first-order valence-corrected chi connectivity index (χ1v) is 8.47. The summed E-state index contributed by atoms with van der Waals surface area (Å²) in [7, 11) is 0. The molecule has 2 N–H and O–H groups in total. The van der Waals surface area contributed by atoms with Crippen LogP contribution in [0.3, 0.4) is 0 Å². The summed E-state index contributed by atoms with van der Waals surface area (Å²) in [6.45, 7) is 7.70. The molecule has 3 rings (SSSR count). The Balaban J connectivity index is 1.87. The Bertz CT molecular complexity index is 607. The van der Waals surface area contributed by atoms with Crippen LogP contribution in [0.2, 0.25) is 0 Å². The third-order valence-electron chi connectivity index (χ3n) is 3.71. The minimum absolute atomic E-state index is 0.585. The summed E-state index contributed by atoms with van der Waals surface area (Å²) in [4.78, 5) is 11.6. The van der Waals surface area contributed by atoms with Crippen molar-refractivity contribution >= 4 is 33.3 Å². The highest BCUT2D eigenvalue weighted by Gasteiger charge is 2.17. The van der Waals surface area contributed by atoms with Crippen molar-refractivity contribution in [2.75, 3.05) is 36.9 Å². The lowest BCUT2D eigenvalue weighted by Crippen LogP contribution is -2.15. The van der Waals surface area contributed by atoms with E-state index in [-0.39, 0.29) is 0 Å². The zero-order chi connectivity index (χ0) is 14.7. The van der Waals surface area contributed by atoms with Gasteiger partial charge in [0.05, 0.1) is 12.0 Å². The van der Waals surface area contributed by atoms with E-state index in [4.69, 9.17) is 4.74 Å². The third kappa shape index (κ3) is 3.27. The molecule has 6 heteroatoms. The molecule has 0 saturated carbocycles. The van der Waals surface area contributed by atoms with Crippen molar-refractivity contribution in [1.29, 1.82) is 0 Å². The van der Waals surface area contributed by atoms with Crippen molar-refractivity contribution in [3.05, 3.63) is 10.9 Å². The molecule has 1 atom stereocenters. The Morgan fingerprint density at radius 3 is 2.95 bits per heavy atom. The van der Waals surface area contributed by atoms with Crippen molar-refractivity contribution in [3.63, 3.8) is 0 Å². The molecular weight excluding hydrogens is 284 g/mol. The van der Waals surface area contributed by atoms with E-state index in [0.717, 1.165) is 55.2 Å². The average Bonchev–Trinajstić information content (AvgIpc) is 3.14. The first-order valence-electron chi connectivity index (χ1n) is 7.66. The molecule has 2 aromatic rings. The zero-order valence-electron chi connectivity index (χ0n) is 12.6. The number of rotatable bonds is 6. The monoisotopic (exact) mass is 306 g/mol. The molecule has 3 heterocycles. The van der Waals surface area contributed by atoms with Gasteiger partial charge in [0.2, 0.25) is 5.95 Å². The predicted molar refractivity (Wildman–Crippen MR) is 88.4 cm³/mol. The van der Waals surface area contributed by atoms with Crippen LogP contribution in [0.5, 0.6) is 0 Å². The summed E-state index contributed by atoms with van der Waals surface area (Å²) in [5.74, 6) is 2.24. The summed E-state index contributed by atoms with van der Waals surface area (Å²) in [6, 6.07) is 2.21. The van der Waals surface area contributed by atoms with Crippen LogP contribution in [0, 0.1) is 5.92 Å². The fraction of sp³-hybridized carbons (Fsp3) is 0.600. The Morgan fingerprint density at radius 1 is 1.33 bits per heavy atom. The molecule has 0 aliphatic carbocycles. The molecule has 1 unspecified atom stereocenters. The summed E-state index contributed by atoms with van der Waals surface area (Å²) in [6.07, 6.45) is 2.17. The van der Waals surface area contributed by atoms with E-state index in [2.05, 4.69) is 40.5 Å². The summed E-state index contributed by atoms with van der Waals surface area (Å²) < 4.78 is 5.43. The summed E-state index contributed by atoms with van der Waals surface area (Å²) in [5, 5.41) is 7.85. The van der Waals surface area contributed by atoms with Crippen LogP contribution in [0.4, 0.5) is 11.8 Å². The SMILES string of the molecule is CCNc1nc(NCC2CCOC2)c2cc(CC)sc2n1. The molecule has 1 aliphatic rings. The lowest BCUT2D eigenvalue weighted by atomic mass is 10.1. The fourth-order valence-electron chi connectivity index (χ4n) is 2.50. The topological polar surface area (TPSA) is 59.1 Å². The van der Waals surface area contributed by atoms with Crippen LogP contribution in [0.25, 0.3) is 10.2 Å². The molecule has 0 aromatic carbocycles. The number of aromatic nitrogens is 2. The van der Waals surface area contributed by atoms with Gasteiger partial charge in [0, 0.05) is 30.5 Å². The van der Waals surface area contributed by atoms with Gasteiger partial charge in [-0.25, -0.2) is 4.98 Å². The molecular formula is C15H22N4OS. The quantitative estimate of drug-likeness (QED) is 0.858. The first-order chi connectivity index (χ1) is 10.3. The number of fused-ring (bicyclic) bond motifs is 1. The first kappa shape index (κ1) is 14.5. The van der Waals surface area contributed by atoms with Crippen LogP contribution in [0.15, 0.2) is 6.07 Å². The lowest BCUT2D eigenvalue weighted by molar-refractivity contribution is 0.187. The van der Waals surface area contributed by atoms with Crippen LogP contribution >= 0.6 is 11.3 Å². The van der Waals surface area contributed by atoms with Crippen LogP contribution in [-0.2, 0) is 11.2 Å². The maximum absolute atomic E-state index is 5.43. The number of nitrogens with one attached hydrogen (secondary N) is 2. The Morgan fingerprint density at radius 2 is 2.24 bits per heavy atom. The van der Waals surface area contributed by atoms with Gasteiger partial charge in [0.1, 0.15) is 10.6 Å². The molecule has 0 amide bonds. The highest BCUT2D eigenvalue weighted by atomic mass is 32.1. The molecule has 2 aromatic heterocycles. The number of anilines is 2. The largest absolute Gasteiger partial charge is 0.381 e. The normalized spacial score (nSPS) is 18.3. The van der Waals surface area contributed by atoms with Gasteiger partial charge in [-0.2, -0.15) is 4.98 Å². The molecule has 21 heavy (non-hydrogen) atoms. The minimum Gasteiger partial charge on any atom is -0.381 e. The average molecular weight is 306 g/mol. The van der Waals surface area contributed by atoms with Gasteiger partial charge >= 0.3 is 0 Å². The Kier molecular flexibility index (Phi) is 4.55. The number of hydrogen-bond donors (Lipinski definition) is 2. The van der Waals surface area contributed by atoms with Crippen LogP contribution < -0.4 is 10.6 Å². The van der Waals surface area contributed by atoms with Gasteiger partial charge in [-0.3, -0.25) is 0 Å². The Hall–Kier alpha value is -1.40. The molecule has 1 fully saturated rings. The van der Waals surface area contributed by atoms with Gasteiger partial charge in [0.15, 0.2) is 0 Å². The van der Waals surface area contributed by atoms with Crippen molar-refractivity contribution in [3.8, 4) is 0 Å². The highest BCUT2D eigenvalue weighted by Crippen LogP contribution is 2.30. The number of hydrogen-bond acceptors (Lipinski definition) is 6. The number of thiophene rings is 1. The van der Waals surface area contributed by atoms with Gasteiger partial charge in [-0.15, -0.1) is 11.3 Å². The second-order valence-corrected chi connectivity index (χ2v) is 6.44. The van der Waals surface area contributed by atoms with Gasteiger partial charge in [-0.05, 0) is 25.8 Å². The molecule has 114 valence electrons. The van der Waals surface area contributed by atoms with Gasteiger partial charge < -0.3 is 15.4 Å². The third-order valence-corrected chi connectivity index (χ3v) is 4.88. The summed E-state index contributed by atoms with van der Waals surface area (Å²) in [5.41, 5.74) is 0. The molecule has 0 radical (unpaired) electrons. The van der Waals surface area contributed by atoms with Gasteiger partial charge in [0.25, 0.3) is 0 Å². The smallest absolute Gasteiger partial charge is 0.226 e. The molecule has 1 aliphatic heterocycles. The van der Waals surface area contributed by atoms with E-state index in [1.807, 2.05) is 0 Å². The zero-order valence-corrected chi connectivity index (χ0v) is 13.4. The molecule has 1 saturated heterocycles. The lowest BCUT2D eigenvalue weighted by Gasteiger charge is -2.12. The second-order valence-electron chi connectivity index (χ2n) is 5.32. The van der Waals surface area contributed by atoms with E-state index < -0.39 is 0 Å². The Labute approximate surface area is 129 Å². The van der Waals surface area contributed by atoms with Crippen molar-refractivity contribution in [2.45, 2.75) is 26.7 Å². The standard InChI is InChI=1S/C15H22N4OS/c1-3-11-7-12-13(17-8-10-5-6-20-9-10)18-15(16-4-2)19-14(12)21-11/h7,10H,3-6,8-9H2,1-2H3,(H2,16,17,18,19). The van der Waals surface area contributed by atoms with E-state index in [1.54, 1.807) is 11.3 Å². The van der Waals surface area contributed by atoms with Crippen LogP contribution in [0.1, 0.15) is 25.1 Å². The minimum atomic E-state index is 0.585. The number of ether oxygens (including phenoxy) is 1. The molecule has 0 spiro atoms. The maximum atomic E-state index is 5.43. The number of nitrogens with zero attached hydrogens (tertiary/aromatic N) is 2. The van der Waals surface area contributed by atoms with E-state index in [9.17, 15) is 0 Å². The predicted octanol–water partition coefficient (Wildman–Crippen LogP) is 3.13. The maximum Gasteiger partial charge on any atom is 0.226 e. The second kappa shape index (κ2) is 6.58. The van der Waals surface area contributed by atoms with E-state index in [0.29, 0.717) is 11.9 Å². The van der Waals surface area contributed by atoms with E-state index >= 15 is 0 Å². The van der Waals surface area contributed by atoms with Crippen molar-refractivity contribution < 1.29 is 4.74 Å². The van der Waals surface area contributed by atoms with Crippen LogP contribution in [-0.4, -0.2) is 36.3 Å². The van der Waals surface area contributed by atoms with Crippen molar-refractivity contribution in [1.82, 2.24) is 9.97 Å². The molecule has 0 bridgehead atoms. The number of aryl methyl sites for hydroxylation is 1. The fourth-order valence-corrected chi connectivity index (χ4v) is 3.47. The van der Waals surface area contributed by atoms with Crippen molar-refractivity contribution in [2.24, 2.45) is 5.92 Å².